The Labute approximate surface area is 180 Å². The Morgan fingerprint density at radius 1 is 1.40 bits per heavy atom. The standard InChI is InChI=1S/C20H25N5O3S2/c1-4-12(2)17(22-18-13-7-5-6-8-16(13)30(27,28)24-18)19(26)23-20-21-14-9-10-25(3)11-15(14)29-20/h5-8,12,17H,4,9-11H2,1-3H3,(H,22,24)(H,21,23,26)/t12-,17-/m0/s1. The number of thiazole rings is 1. The van der Waals surface area contributed by atoms with Gasteiger partial charge in [-0.25, -0.2) is 13.4 Å². The molecular weight excluding hydrogens is 422 g/mol. The lowest BCUT2D eigenvalue weighted by atomic mass is 9.99. The van der Waals surface area contributed by atoms with E-state index in [0.717, 1.165) is 31.6 Å². The number of amides is 1. The average Bonchev–Trinajstić information content (AvgIpc) is 3.22. The number of nitrogens with one attached hydrogen (secondary N) is 2. The van der Waals surface area contributed by atoms with Crippen molar-refractivity contribution in [3.05, 3.63) is 40.4 Å². The number of hydrogen-bond donors (Lipinski definition) is 2. The molecule has 2 atom stereocenters. The van der Waals surface area contributed by atoms with E-state index in [-0.39, 0.29) is 22.6 Å². The molecule has 1 aromatic carbocycles. The van der Waals surface area contributed by atoms with E-state index in [0.29, 0.717) is 10.7 Å². The van der Waals surface area contributed by atoms with Crippen molar-refractivity contribution in [2.75, 3.05) is 18.9 Å². The van der Waals surface area contributed by atoms with Crippen LogP contribution < -0.4 is 10.0 Å². The van der Waals surface area contributed by atoms with Gasteiger partial charge in [0.25, 0.3) is 15.9 Å². The van der Waals surface area contributed by atoms with Gasteiger partial charge in [-0.1, -0.05) is 32.4 Å². The zero-order chi connectivity index (χ0) is 21.5. The number of sulfonamides is 1. The smallest absolute Gasteiger partial charge is 0.263 e. The molecule has 0 bridgehead atoms. The van der Waals surface area contributed by atoms with E-state index in [1.165, 1.54) is 22.3 Å². The van der Waals surface area contributed by atoms with Crippen molar-refractivity contribution in [1.29, 1.82) is 0 Å². The third-order valence-electron chi connectivity index (χ3n) is 5.53. The molecule has 160 valence electrons. The molecule has 0 saturated carbocycles. The molecule has 2 aromatic rings. The number of anilines is 1. The molecule has 2 N–H and O–H groups in total. The predicted octanol–water partition coefficient (Wildman–Crippen LogP) is 2.22. The van der Waals surface area contributed by atoms with Gasteiger partial charge in [-0.15, -0.1) is 11.3 Å². The van der Waals surface area contributed by atoms with Crippen LogP contribution in [0, 0.1) is 5.92 Å². The maximum absolute atomic E-state index is 13.1. The van der Waals surface area contributed by atoms with E-state index in [9.17, 15) is 13.2 Å². The van der Waals surface area contributed by atoms with E-state index < -0.39 is 16.1 Å². The zero-order valence-electron chi connectivity index (χ0n) is 17.2. The Hall–Kier alpha value is -2.30. The molecule has 1 aromatic heterocycles. The molecule has 0 unspecified atom stereocenters. The molecule has 8 nitrogen and oxygen atoms in total. The SMILES string of the molecule is CC[C@H](C)[C@H](N=C1NS(=O)(=O)c2ccccc21)C(=O)Nc1nc2c(s1)CN(C)CC2. The second-order valence-electron chi connectivity index (χ2n) is 7.78. The number of amidine groups is 1. The minimum atomic E-state index is -3.65. The molecule has 0 radical (unpaired) electrons. The van der Waals surface area contributed by atoms with Crippen molar-refractivity contribution >= 4 is 38.2 Å². The van der Waals surface area contributed by atoms with E-state index in [2.05, 4.69) is 32.0 Å². The van der Waals surface area contributed by atoms with Gasteiger partial charge in [0, 0.05) is 30.0 Å². The van der Waals surface area contributed by atoms with Gasteiger partial charge >= 0.3 is 0 Å². The number of carbonyl (C=O) groups is 1. The second-order valence-corrected chi connectivity index (χ2v) is 10.5. The third kappa shape index (κ3) is 3.99. The van der Waals surface area contributed by atoms with Crippen LogP contribution in [0.3, 0.4) is 0 Å². The number of benzene rings is 1. The minimum absolute atomic E-state index is 0.0736. The number of nitrogens with zero attached hydrogens (tertiary/aromatic N) is 3. The van der Waals surface area contributed by atoms with Crippen LogP contribution in [0.15, 0.2) is 34.2 Å². The highest BCUT2D eigenvalue weighted by Crippen LogP contribution is 2.29. The van der Waals surface area contributed by atoms with Crippen molar-refractivity contribution in [1.82, 2.24) is 14.6 Å². The third-order valence-corrected chi connectivity index (χ3v) is 7.93. The van der Waals surface area contributed by atoms with E-state index in [1.54, 1.807) is 18.2 Å². The number of aliphatic imine (C=N–C) groups is 1. The fourth-order valence-electron chi connectivity index (χ4n) is 3.59. The summed E-state index contributed by atoms with van der Waals surface area (Å²) in [4.78, 5) is 25.8. The minimum Gasteiger partial charge on any atom is -0.301 e. The highest BCUT2D eigenvalue weighted by Gasteiger charge is 2.33. The van der Waals surface area contributed by atoms with Gasteiger partial charge in [0.05, 0.1) is 10.6 Å². The summed E-state index contributed by atoms with van der Waals surface area (Å²) in [7, 11) is -1.59. The lowest BCUT2D eigenvalue weighted by Crippen LogP contribution is -2.34. The molecule has 10 heteroatoms. The van der Waals surface area contributed by atoms with Crippen LogP contribution in [0.4, 0.5) is 5.13 Å². The van der Waals surface area contributed by atoms with E-state index >= 15 is 0 Å². The number of hydrogen-bond acceptors (Lipinski definition) is 7. The average molecular weight is 448 g/mol. The quantitative estimate of drug-likeness (QED) is 0.732. The van der Waals surface area contributed by atoms with Gasteiger partial charge < -0.3 is 10.2 Å². The molecule has 0 fully saturated rings. The Bertz CT molecular complexity index is 1110. The maximum atomic E-state index is 13.1. The first-order chi connectivity index (χ1) is 14.3. The second kappa shape index (κ2) is 8.09. The van der Waals surface area contributed by atoms with Crippen molar-refractivity contribution in [2.24, 2.45) is 10.9 Å². The molecule has 30 heavy (non-hydrogen) atoms. The van der Waals surface area contributed by atoms with Crippen molar-refractivity contribution < 1.29 is 13.2 Å². The predicted molar refractivity (Wildman–Crippen MR) is 117 cm³/mol. The summed E-state index contributed by atoms with van der Waals surface area (Å²) in [5.74, 6) is -0.138. The highest BCUT2D eigenvalue weighted by atomic mass is 32.2. The fourth-order valence-corrected chi connectivity index (χ4v) is 5.92. The first-order valence-electron chi connectivity index (χ1n) is 9.96. The summed E-state index contributed by atoms with van der Waals surface area (Å²) in [5.41, 5.74) is 1.53. The summed E-state index contributed by atoms with van der Waals surface area (Å²) in [6, 6.07) is 5.93. The summed E-state index contributed by atoms with van der Waals surface area (Å²) in [5, 5.41) is 3.48. The Morgan fingerprint density at radius 2 is 2.17 bits per heavy atom. The maximum Gasteiger partial charge on any atom is 0.263 e. The van der Waals surface area contributed by atoms with Gasteiger partial charge in [0.15, 0.2) is 5.13 Å². The van der Waals surface area contributed by atoms with Crippen LogP contribution in [0.5, 0.6) is 0 Å². The molecular formula is C20H25N5O3S2. The summed E-state index contributed by atoms with van der Waals surface area (Å²) < 4.78 is 27.3. The molecule has 0 spiro atoms. The lowest BCUT2D eigenvalue weighted by molar-refractivity contribution is -0.118. The molecule has 1 amide bonds. The van der Waals surface area contributed by atoms with Gasteiger partial charge in [-0.2, -0.15) is 0 Å². The highest BCUT2D eigenvalue weighted by molar-refractivity contribution is 7.90. The summed E-state index contributed by atoms with van der Waals surface area (Å²) >= 11 is 1.49. The lowest BCUT2D eigenvalue weighted by Gasteiger charge is -2.20. The van der Waals surface area contributed by atoms with Crippen LogP contribution in [-0.4, -0.2) is 49.7 Å². The number of fused-ring (bicyclic) bond motifs is 2. The first-order valence-corrected chi connectivity index (χ1v) is 12.3. The fraction of sp³-hybridized carbons (Fsp3) is 0.450. The summed E-state index contributed by atoms with van der Waals surface area (Å²) in [6.45, 7) is 5.70. The normalized spacial score (nSPS) is 20.8. The van der Waals surface area contributed by atoms with E-state index in [1.807, 2.05) is 13.8 Å². The van der Waals surface area contributed by atoms with Gasteiger partial charge in [0.2, 0.25) is 0 Å². The van der Waals surface area contributed by atoms with Crippen LogP contribution in [0.25, 0.3) is 0 Å². The van der Waals surface area contributed by atoms with Gasteiger partial charge in [0.1, 0.15) is 11.9 Å². The monoisotopic (exact) mass is 447 g/mol. The number of carbonyl (C=O) groups excluding carboxylic acids is 1. The molecule has 2 aliphatic heterocycles. The van der Waals surface area contributed by atoms with Crippen molar-refractivity contribution in [3.8, 4) is 0 Å². The van der Waals surface area contributed by atoms with Crippen LogP contribution in [0.1, 0.15) is 36.4 Å². The largest absolute Gasteiger partial charge is 0.301 e. The Balaban J connectivity index is 1.61. The number of rotatable bonds is 5. The molecule has 4 rings (SSSR count). The van der Waals surface area contributed by atoms with Crippen molar-refractivity contribution in [3.63, 3.8) is 0 Å². The number of aromatic nitrogens is 1. The Kier molecular flexibility index (Phi) is 5.65. The molecule has 3 heterocycles. The summed E-state index contributed by atoms with van der Waals surface area (Å²) in [6.07, 6.45) is 1.59. The molecule has 2 aliphatic rings. The zero-order valence-corrected chi connectivity index (χ0v) is 18.8. The molecule has 0 aliphatic carbocycles. The van der Waals surface area contributed by atoms with Crippen molar-refractivity contribution in [2.45, 2.75) is 44.2 Å². The van der Waals surface area contributed by atoms with Crippen LogP contribution in [0.2, 0.25) is 0 Å². The first kappa shape index (κ1) is 21.0. The van der Waals surface area contributed by atoms with Gasteiger partial charge in [-0.3, -0.25) is 14.5 Å². The topological polar surface area (TPSA) is 104 Å². The van der Waals surface area contributed by atoms with Gasteiger partial charge in [-0.05, 0) is 25.1 Å². The van der Waals surface area contributed by atoms with Crippen LogP contribution >= 0.6 is 11.3 Å². The Morgan fingerprint density at radius 3 is 2.93 bits per heavy atom. The van der Waals surface area contributed by atoms with E-state index in [4.69, 9.17) is 0 Å². The van der Waals surface area contributed by atoms with Crippen LogP contribution in [-0.2, 0) is 27.8 Å². The number of likely N-dealkylation sites (N-methyl/N-ethyl adjacent to an activating group) is 1. The molecule has 0 saturated heterocycles.